The van der Waals surface area contributed by atoms with E-state index in [1.807, 2.05) is 0 Å². The summed E-state index contributed by atoms with van der Waals surface area (Å²) in [5.74, 6) is 0. The molecule has 3 nitrogen and oxygen atoms in total. The molecule has 0 N–H and O–H groups in total. The minimum Gasteiger partial charge on any atom is -0.379 e. The van der Waals surface area contributed by atoms with Crippen molar-refractivity contribution in [3.63, 3.8) is 0 Å². The number of rotatable bonds is 4. The molecule has 1 unspecified atom stereocenters. The molecule has 0 radical (unpaired) electrons. The molecule has 1 fully saturated rings. The van der Waals surface area contributed by atoms with Gasteiger partial charge in [-0.3, -0.25) is 9.80 Å². The van der Waals surface area contributed by atoms with Crippen molar-refractivity contribution in [2.75, 3.05) is 46.4 Å². The third-order valence-corrected chi connectivity index (χ3v) is 3.67. The van der Waals surface area contributed by atoms with E-state index in [9.17, 15) is 0 Å². The average molecular weight is 224 g/mol. The van der Waals surface area contributed by atoms with Gasteiger partial charge in [-0.15, -0.1) is 0 Å². The molecule has 1 atom stereocenters. The van der Waals surface area contributed by atoms with Crippen LogP contribution in [0.15, 0.2) is 12.2 Å². The SMILES string of the molecule is CN(CCN1CCOCC1)C1C=CCCC1. The third-order valence-electron chi connectivity index (χ3n) is 3.67. The van der Waals surface area contributed by atoms with Gasteiger partial charge in [0.25, 0.3) is 0 Å². The summed E-state index contributed by atoms with van der Waals surface area (Å²) in [6.07, 6.45) is 8.66. The zero-order valence-electron chi connectivity index (χ0n) is 10.4. The standard InChI is InChI=1S/C13H24N2O/c1-14(13-5-3-2-4-6-13)7-8-15-9-11-16-12-10-15/h3,5,13H,2,4,6-12H2,1H3. The molecular formula is C13H24N2O. The van der Waals surface area contributed by atoms with E-state index in [4.69, 9.17) is 4.74 Å². The van der Waals surface area contributed by atoms with Gasteiger partial charge in [0.2, 0.25) is 0 Å². The summed E-state index contributed by atoms with van der Waals surface area (Å²) in [6, 6.07) is 0.676. The molecule has 92 valence electrons. The van der Waals surface area contributed by atoms with Gasteiger partial charge >= 0.3 is 0 Å². The van der Waals surface area contributed by atoms with Gasteiger partial charge < -0.3 is 4.74 Å². The van der Waals surface area contributed by atoms with Crippen LogP contribution < -0.4 is 0 Å². The fourth-order valence-corrected chi connectivity index (χ4v) is 2.45. The molecule has 0 bridgehead atoms. The number of likely N-dealkylation sites (N-methyl/N-ethyl adjacent to an activating group) is 1. The third kappa shape index (κ3) is 3.58. The zero-order chi connectivity index (χ0) is 11.2. The molecule has 1 aliphatic heterocycles. The second kappa shape index (κ2) is 6.38. The highest BCUT2D eigenvalue weighted by atomic mass is 16.5. The van der Waals surface area contributed by atoms with Crippen LogP contribution in [-0.2, 0) is 4.74 Å². The van der Waals surface area contributed by atoms with E-state index in [1.54, 1.807) is 0 Å². The molecule has 3 heteroatoms. The van der Waals surface area contributed by atoms with Crippen LogP contribution in [0.5, 0.6) is 0 Å². The fraction of sp³-hybridized carbons (Fsp3) is 0.846. The average Bonchev–Trinajstić information content (AvgIpc) is 2.38. The minimum atomic E-state index is 0.676. The second-order valence-electron chi connectivity index (χ2n) is 4.86. The Hall–Kier alpha value is -0.380. The summed E-state index contributed by atoms with van der Waals surface area (Å²) < 4.78 is 5.36. The topological polar surface area (TPSA) is 15.7 Å². The molecule has 0 aromatic rings. The van der Waals surface area contributed by atoms with Crippen LogP contribution in [0, 0.1) is 0 Å². The summed E-state index contributed by atoms with van der Waals surface area (Å²) in [6.45, 7) is 6.39. The summed E-state index contributed by atoms with van der Waals surface area (Å²) >= 11 is 0. The first-order valence-electron chi connectivity index (χ1n) is 6.53. The maximum absolute atomic E-state index is 5.36. The predicted molar refractivity (Wildman–Crippen MR) is 66.7 cm³/mol. The number of hydrogen-bond donors (Lipinski definition) is 0. The molecule has 2 rings (SSSR count). The van der Waals surface area contributed by atoms with E-state index in [0.717, 1.165) is 26.3 Å². The number of allylic oxidation sites excluding steroid dienone is 1. The van der Waals surface area contributed by atoms with E-state index < -0.39 is 0 Å². The van der Waals surface area contributed by atoms with Gasteiger partial charge in [0.05, 0.1) is 13.2 Å². The first kappa shape index (κ1) is 12.1. The highest BCUT2D eigenvalue weighted by Gasteiger charge is 2.15. The molecule has 0 aromatic heterocycles. The molecule has 1 heterocycles. The molecule has 0 saturated carbocycles. The fourth-order valence-electron chi connectivity index (χ4n) is 2.45. The van der Waals surface area contributed by atoms with Gasteiger partial charge in [-0.05, 0) is 26.3 Å². The molecule has 0 amide bonds. The monoisotopic (exact) mass is 224 g/mol. The Morgan fingerprint density at radius 1 is 1.38 bits per heavy atom. The number of ether oxygens (including phenoxy) is 1. The number of nitrogens with zero attached hydrogens (tertiary/aromatic N) is 2. The molecule has 0 aromatic carbocycles. The van der Waals surface area contributed by atoms with E-state index in [2.05, 4.69) is 29.0 Å². The second-order valence-corrected chi connectivity index (χ2v) is 4.86. The first-order chi connectivity index (χ1) is 7.86. The van der Waals surface area contributed by atoms with Crippen molar-refractivity contribution in [2.45, 2.75) is 25.3 Å². The van der Waals surface area contributed by atoms with Crippen LogP contribution >= 0.6 is 0 Å². The highest BCUT2D eigenvalue weighted by molar-refractivity contribution is 4.97. The Labute approximate surface area is 99.1 Å². The van der Waals surface area contributed by atoms with Crippen molar-refractivity contribution in [2.24, 2.45) is 0 Å². The summed E-state index contributed by atoms with van der Waals surface area (Å²) in [5, 5.41) is 0. The van der Waals surface area contributed by atoms with Crippen LogP contribution in [0.4, 0.5) is 0 Å². The van der Waals surface area contributed by atoms with Gasteiger partial charge in [-0.1, -0.05) is 12.2 Å². The van der Waals surface area contributed by atoms with Gasteiger partial charge in [-0.2, -0.15) is 0 Å². The first-order valence-corrected chi connectivity index (χ1v) is 6.53. The van der Waals surface area contributed by atoms with Gasteiger partial charge in [0, 0.05) is 32.2 Å². The van der Waals surface area contributed by atoms with Crippen molar-refractivity contribution < 1.29 is 4.74 Å². The Morgan fingerprint density at radius 2 is 2.19 bits per heavy atom. The van der Waals surface area contributed by atoms with E-state index >= 15 is 0 Å². The highest BCUT2D eigenvalue weighted by Crippen LogP contribution is 2.14. The van der Waals surface area contributed by atoms with Crippen molar-refractivity contribution in [1.82, 2.24) is 9.80 Å². The van der Waals surface area contributed by atoms with E-state index in [0.29, 0.717) is 6.04 Å². The maximum atomic E-state index is 5.36. The van der Waals surface area contributed by atoms with Crippen molar-refractivity contribution in [3.8, 4) is 0 Å². The lowest BCUT2D eigenvalue weighted by Gasteiger charge is -2.32. The minimum absolute atomic E-state index is 0.676. The Balaban J connectivity index is 1.67. The lowest BCUT2D eigenvalue weighted by molar-refractivity contribution is 0.0332. The largest absolute Gasteiger partial charge is 0.379 e. The van der Waals surface area contributed by atoms with Crippen LogP contribution in [0.3, 0.4) is 0 Å². The number of hydrogen-bond acceptors (Lipinski definition) is 3. The zero-order valence-corrected chi connectivity index (χ0v) is 10.4. The lowest BCUT2D eigenvalue weighted by atomic mass is 10.0. The quantitative estimate of drug-likeness (QED) is 0.671. The number of morpholine rings is 1. The van der Waals surface area contributed by atoms with Gasteiger partial charge in [0.1, 0.15) is 0 Å². The Morgan fingerprint density at radius 3 is 2.88 bits per heavy atom. The van der Waals surface area contributed by atoms with Gasteiger partial charge in [0.15, 0.2) is 0 Å². The molecule has 16 heavy (non-hydrogen) atoms. The summed E-state index contributed by atoms with van der Waals surface area (Å²) in [5.41, 5.74) is 0. The van der Waals surface area contributed by atoms with Gasteiger partial charge in [-0.25, -0.2) is 0 Å². The van der Waals surface area contributed by atoms with Crippen molar-refractivity contribution in [1.29, 1.82) is 0 Å². The summed E-state index contributed by atoms with van der Waals surface area (Å²) in [7, 11) is 2.25. The van der Waals surface area contributed by atoms with E-state index in [1.165, 1.54) is 32.4 Å². The molecule has 2 aliphatic rings. The Kier molecular flexibility index (Phi) is 4.82. The predicted octanol–water partition coefficient (Wildman–Crippen LogP) is 1.36. The van der Waals surface area contributed by atoms with E-state index in [-0.39, 0.29) is 0 Å². The summed E-state index contributed by atoms with van der Waals surface area (Å²) in [4.78, 5) is 5.00. The molecule has 1 aliphatic carbocycles. The van der Waals surface area contributed by atoms with Crippen molar-refractivity contribution in [3.05, 3.63) is 12.2 Å². The normalized spacial score (nSPS) is 27.5. The smallest absolute Gasteiger partial charge is 0.0594 e. The van der Waals surface area contributed by atoms with Crippen LogP contribution in [0.25, 0.3) is 0 Å². The van der Waals surface area contributed by atoms with Crippen LogP contribution in [-0.4, -0.2) is 62.3 Å². The molecule has 1 saturated heterocycles. The van der Waals surface area contributed by atoms with Crippen LogP contribution in [0.1, 0.15) is 19.3 Å². The molecular weight excluding hydrogens is 200 g/mol. The van der Waals surface area contributed by atoms with Crippen LogP contribution in [0.2, 0.25) is 0 Å². The lowest BCUT2D eigenvalue weighted by Crippen LogP contribution is -2.42. The molecule has 0 spiro atoms. The Bertz CT molecular complexity index is 224. The maximum Gasteiger partial charge on any atom is 0.0594 e. The van der Waals surface area contributed by atoms with Crippen molar-refractivity contribution >= 4 is 0 Å².